The summed E-state index contributed by atoms with van der Waals surface area (Å²) >= 11 is 0. The Kier molecular flexibility index (Phi) is 8.72. The van der Waals surface area contributed by atoms with Crippen molar-refractivity contribution in [1.82, 2.24) is 10.2 Å². The van der Waals surface area contributed by atoms with Crippen LogP contribution in [-0.2, 0) is 26.2 Å². The van der Waals surface area contributed by atoms with Crippen molar-refractivity contribution in [3.63, 3.8) is 0 Å². The fourth-order valence-corrected chi connectivity index (χ4v) is 4.33. The fraction of sp³-hybridized carbons (Fsp3) is 0.440. The molecule has 0 aromatic heterocycles. The normalized spacial score (nSPS) is 12.6. The van der Waals surface area contributed by atoms with E-state index < -0.39 is 34.1 Å². The quantitative estimate of drug-likeness (QED) is 0.584. The zero-order valence-corrected chi connectivity index (χ0v) is 21.8. The minimum absolute atomic E-state index is 0.132. The number of ether oxygens (including phenoxy) is 1. The summed E-state index contributed by atoms with van der Waals surface area (Å²) in [4.78, 5) is 27.9. The van der Waals surface area contributed by atoms with Gasteiger partial charge in [0.1, 0.15) is 18.3 Å². The highest BCUT2D eigenvalue weighted by Gasteiger charge is 2.31. The first-order valence-corrected chi connectivity index (χ1v) is 12.9. The Morgan fingerprint density at radius 2 is 1.65 bits per heavy atom. The topological polar surface area (TPSA) is 96.0 Å². The number of hydrogen-bond acceptors (Lipinski definition) is 5. The van der Waals surface area contributed by atoms with Crippen LogP contribution in [0.25, 0.3) is 0 Å². The van der Waals surface area contributed by atoms with E-state index in [0.29, 0.717) is 11.4 Å². The molecule has 0 fully saturated rings. The molecule has 0 aliphatic heterocycles. The van der Waals surface area contributed by atoms with Gasteiger partial charge in [-0.15, -0.1) is 0 Å². The zero-order valence-electron chi connectivity index (χ0n) is 21.0. The first kappa shape index (κ1) is 27.2. The Balaban J connectivity index is 2.41. The highest BCUT2D eigenvalue weighted by Crippen LogP contribution is 2.23. The Hall–Kier alpha value is -3.07. The molecular formula is C25H35N3O5S. The number of methoxy groups -OCH3 is 1. The highest BCUT2D eigenvalue weighted by molar-refractivity contribution is 7.92. The van der Waals surface area contributed by atoms with Crippen LogP contribution >= 0.6 is 0 Å². The van der Waals surface area contributed by atoms with Crippen LogP contribution in [0.2, 0.25) is 0 Å². The maximum Gasteiger partial charge on any atom is 0.244 e. The summed E-state index contributed by atoms with van der Waals surface area (Å²) in [6.45, 7) is 8.71. The molecule has 1 N–H and O–H groups in total. The summed E-state index contributed by atoms with van der Waals surface area (Å²) in [5.74, 6) is -0.139. The molecule has 34 heavy (non-hydrogen) atoms. The molecule has 2 aromatic rings. The van der Waals surface area contributed by atoms with Crippen LogP contribution < -0.4 is 14.4 Å². The largest absolute Gasteiger partial charge is 0.497 e. The second-order valence-corrected chi connectivity index (χ2v) is 11.2. The minimum atomic E-state index is -3.76. The van der Waals surface area contributed by atoms with Gasteiger partial charge in [0, 0.05) is 12.1 Å². The maximum absolute atomic E-state index is 13.5. The van der Waals surface area contributed by atoms with Gasteiger partial charge in [0.15, 0.2) is 0 Å². The van der Waals surface area contributed by atoms with E-state index in [0.717, 1.165) is 21.7 Å². The molecule has 8 nitrogen and oxygen atoms in total. The van der Waals surface area contributed by atoms with Crippen molar-refractivity contribution in [2.45, 2.75) is 52.7 Å². The Labute approximate surface area is 202 Å². The average molecular weight is 490 g/mol. The lowest BCUT2D eigenvalue weighted by molar-refractivity contribution is -0.140. The Morgan fingerprint density at radius 3 is 2.15 bits per heavy atom. The summed E-state index contributed by atoms with van der Waals surface area (Å²) in [5, 5.41) is 2.90. The van der Waals surface area contributed by atoms with Gasteiger partial charge in [0.05, 0.1) is 19.1 Å². The first-order valence-electron chi connectivity index (χ1n) is 11.0. The molecule has 9 heteroatoms. The molecule has 0 radical (unpaired) electrons. The van der Waals surface area contributed by atoms with Gasteiger partial charge in [-0.25, -0.2) is 8.42 Å². The molecule has 0 heterocycles. The van der Waals surface area contributed by atoms with Crippen molar-refractivity contribution in [1.29, 1.82) is 0 Å². The number of nitrogens with zero attached hydrogens (tertiary/aromatic N) is 2. The molecule has 0 bridgehead atoms. The highest BCUT2D eigenvalue weighted by atomic mass is 32.2. The van der Waals surface area contributed by atoms with E-state index in [1.807, 2.05) is 32.9 Å². The first-order chi connectivity index (χ1) is 15.7. The molecule has 2 aromatic carbocycles. The number of carbonyl (C=O) groups excluding carboxylic acids is 2. The lowest BCUT2D eigenvalue weighted by atomic mass is 10.1. The number of para-hydroxylation sites is 1. The number of amides is 2. The second kappa shape index (κ2) is 10.9. The third-order valence-electron chi connectivity index (χ3n) is 5.24. The lowest BCUT2D eigenvalue weighted by Crippen LogP contribution is -2.54. The van der Waals surface area contributed by atoms with Crippen LogP contribution in [0.5, 0.6) is 5.75 Å². The van der Waals surface area contributed by atoms with Crippen LogP contribution in [0.4, 0.5) is 5.69 Å². The second-order valence-electron chi connectivity index (χ2n) is 9.34. The molecular weight excluding hydrogens is 454 g/mol. The van der Waals surface area contributed by atoms with Crippen molar-refractivity contribution in [2.75, 3.05) is 24.2 Å². The van der Waals surface area contributed by atoms with E-state index >= 15 is 0 Å². The number of sulfonamides is 1. The number of aryl methyl sites for hydroxylation is 1. The van der Waals surface area contributed by atoms with Gasteiger partial charge in [-0.3, -0.25) is 13.9 Å². The van der Waals surface area contributed by atoms with Gasteiger partial charge in [-0.05, 0) is 63.9 Å². The van der Waals surface area contributed by atoms with Gasteiger partial charge >= 0.3 is 0 Å². The molecule has 0 saturated carbocycles. The molecule has 0 aliphatic rings. The number of carbonyl (C=O) groups is 2. The van der Waals surface area contributed by atoms with E-state index in [1.54, 1.807) is 57.4 Å². The van der Waals surface area contributed by atoms with Crippen molar-refractivity contribution < 1.29 is 22.7 Å². The summed E-state index contributed by atoms with van der Waals surface area (Å²) in [6.07, 6.45) is 1.07. The standard InChI is InChI=1S/C25H35N3O5S/c1-18-10-8-9-11-22(18)28(34(7,31)32)17-23(29)27(19(2)24(30)26-25(3,4)5)16-20-12-14-21(33-6)15-13-20/h8-15,19H,16-17H2,1-7H3,(H,26,30)/t19-/m1/s1. The number of rotatable bonds is 9. The van der Waals surface area contributed by atoms with Crippen LogP contribution in [0.3, 0.4) is 0 Å². The summed E-state index contributed by atoms with van der Waals surface area (Å²) in [6, 6.07) is 13.3. The Morgan fingerprint density at radius 1 is 1.06 bits per heavy atom. The van der Waals surface area contributed by atoms with Crippen molar-refractivity contribution in [2.24, 2.45) is 0 Å². The monoisotopic (exact) mass is 489 g/mol. The van der Waals surface area contributed by atoms with Crippen molar-refractivity contribution in [3.05, 3.63) is 59.7 Å². The molecule has 1 atom stereocenters. The summed E-state index contributed by atoms with van der Waals surface area (Å²) in [5.41, 5.74) is 1.45. The fourth-order valence-electron chi connectivity index (χ4n) is 3.42. The predicted molar refractivity (Wildman–Crippen MR) is 134 cm³/mol. The number of anilines is 1. The smallest absolute Gasteiger partial charge is 0.244 e. The van der Waals surface area contributed by atoms with Gasteiger partial charge in [-0.1, -0.05) is 30.3 Å². The van der Waals surface area contributed by atoms with E-state index in [1.165, 1.54) is 4.90 Å². The van der Waals surface area contributed by atoms with Gasteiger partial charge in [0.25, 0.3) is 0 Å². The summed E-state index contributed by atoms with van der Waals surface area (Å²) < 4.78 is 31.5. The summed E-state index contributed by atoms with van der Waals surface area (Å²) in [7, 11) is -2.19. The van der Waals surface area contributed by atoms with E-state index in [2.05, 4.69) is 5.32 Å². The minimum Gasteiger partial charge on any atom is -0.497 e. The lowest BCUT2D eigenvalue weighted by Gasteiger charge is -2.33. The number of hydrogen-bond donors (Lipinski definition) is 1. The molecule has 0 aliphatic carbocycles. The third kappa shape index (κ3) is 7.48. The Bertz CT molecular complexity index is 1110. The molecule has 2 amide bonds. The SMILES string of the molecule is COc1ccc(CN(C(=O)CN(c2ccccc2C)S(C)(=O)=O)[C@H](C)C(=O)NC(C)(C)C)cc1. The van der Waals surface area contributed by atoms with Crippen LogP contribution in [0.15, 0.2) is 48.5 Å². The predicted octanol–water partition coefficient (Wildman–Crippen LogP) is 3.10. The van der Waals surface area contributed by atoms with Crippen LogP contribution in [-0.4, -0.2) is 56.6 Å². The molecule has 0 unspecified atom stereocenters. The molecule has 0 saturated heterocycles. The number of nitrogens with one attached hydrogen (secondary N) is 1. The van der Waals surface area contributed by atoms with Gasteiger partial charge < -0.3 is 15.0 Å². The number of benzene rings is 2. The van der Waals surface area contributed by atoms with Crippen molar-refractivity contribution in [3.8, 4) is 5.75 Å². The van der Waals surface area contributed by atoms with E-state index in [4.69, 9.17) is 4.74 Å². The molecule has 186 valence electrons. The van der Waals surface area contributed by atoms with Crippen LogP contribution in [0, 0.1) is 6.92 Å². The van der Waals surface area contributed by atoms with E-state index in [9.17, 15) is 18.0 Å². The molecule has 2 rings (SSSR count). The third-order valence-corrected chi connectivity index (χ3v) is 6.37. The van der Waals surface area contributed by atoms with Gasteiger partial charge in [0.2, 0.25) is 21.8 Å². The van der Waals surface area contributed by atoms with Gasteiger partial charge in [-0.2, -0.15) is 0 Å². The van der Waals surface area contributed by atoms with E-state index in [-0.39, 0.29) is 12.5 Å². The average Bonchev–Trinajstić information content (AvgIpc) is 2.74. The van der Waals surface area contributed by atoms with Crippen molar-refractivity contribution >= 4 is 27.5 Å². The zero-order chi connectivity index (χ0) is 25.7. The molecule has 0 spiro atoms. The maximum atomic E-state index is 13.5. The van der Waals surface area contributed by atoms with Crippen LogP contribution in [0.1, 0.15) is 38.8 Å².